The van der Waals surface area contributed by atoms with Crippen molar-refractivity contribution in [3.05, 3.63) is 87.3 Å². The lowest BCUT2D eigenvalue weighted by Crippen LogP contribution is -2.38. The van der Waals surface area contributed by atoms with Gasteiger partial charge in [-0.3, -0.25) is 9.69 Å². The van der Waals surface area contributed by atoms with Gasteiger partial charge in [0.1, 0.15) is 11.2 Å². The fourth-order valence-corrected chi connectivity index (χ4v) is 5.39. The summed E-state index contributed by atoms with van der Waals surface area (Å²) in [5.74, 6) is 0.0494. The maximum Gasteiger partial charge on any atom is 0.256 e. The summed E-state index contributed by atoms with van der Waals surface area (Å²) in [6, 6.07) is 18.9. The Kier molecular flexibility index (Phi) is 4.41. The summed E-state index contributed by atoms with van der Waals surface area (Å²) < 4.78 is 0. The van der Waals surface area contributed by atoms with E-state index in [4.69, 9.17) is 0 Å². The second kappa shape index (κ2) is 7.08. The number of rotatable bonds is 3. The molecule has 2 N–H and O–H groups in total. The topological polar surface area (TPSA) is 44.4 Å². The number of aryl methyl sites for hydroxylation is 1. The summed E-state index contributed by atoms with van der Waals surface area (Å²) in [6.45, 7) is 4.92. The summed E-state index contributed by atoms with van der Waals surface area (Å²) in [7, 11) is 0. The average Bonchev–Trinajstić information content (AvgIpc) is 3.07. The highest BCUT2D eigenvalue weighted by molar-refractivity contribution is 7.16. The Balaban J connectivity index is 1.38. The molecule has 1 amide bonds. The Hall–Kier alpha value is -2.63. The molecule has 1 atom stereocenters. The van der Waals surface area contributed by atoms with Crippen LogP contribution in [-0.2, 0) is 19.5 Å². The summed E-state index contributed by atoms with van der Waals surface area (Å²) >= 11 is 1.74. The molecule has 3 heterocycles. The van der Waals surface area contributed by atoms with E-state index in [9.17, 15) is 4.79 Å². The predicted molar refractivity (Wildman–Crippen MR) is 114 cm³/mol. The lowest BCUT2D eigenvalue weighted by molar-refractivity contribution is 0.0934. The Labute approximate surface area is 169 Å². The van der Waals surface area contributed by atoms with E-state index in [1.165, 1.54) is 21.6 Å². The van der Waals surface area contributed by atoms with Crippen molar-refractivity contribution in [3.8, 4) is 0 Å². The summed E-state index contributed by atoms with van der Waals surface area (Å²) in [6.07, 6.45) is 0.763. The van der Waals surface area contributed by atoms with E-state index in [1.54, 1.807) is 11.3 Å². The second-order valence-corrected chi connectivity index (χ2v) is 8.72. The highest BCUT2D eigenvalue weighted by Crippen LogP contribution is 2.40. The molecule has 2 aliphatic rings. The Bertz CT molecular complexity index is 1010. The van der Waals surface area contributed by atoms with Crippen LogP contribution in [-0.4, -0.2) is 17.4 Å². The first-order valence-corrected chi connectivity index (χ1v) is 10.5. The molecule has 0 saturated carbocycles. The molecular weight excluding hydrogens is 366 g/mol. The molecule has 142 valence electrons. The zero-order valence-corrected chi connectivity index (χ0v) is 16.7. The molecular formula is C23H23N3OS. The lowest BCUT2D eigenvalue weighted by atomic mass is 10.00. The molecule has 1 unspecified atom stereocenters. The fraction of sp³-hybridized carbons (Fsp3) is 0.261. The number of thiophene rings is 1. The molecule has 0 aliphatic carbocycles. The smallest absolute Gasteiger partial charge is 0.256 e. The van der Waals surface area contributed by atoms with E-state index in [0.29, 0.717) is 0 Å². The summed E-state index contributed by atoms with van der Waals surface area (Å²) in [5, 5.41) is 7.71. The first-order chi connectivity index (χ1) is 13.7. The highest BCUT2D eigenvalue weighted by Gasteiger charge is 2.33. The number of fused-ring (bicyclic) bond motifs is 3. The van der Waals surface area contributed by atoms with Crippen LogP contribution in [0.25, 0.3) is 0 Å². The minimum atomic E-state index is -0.166. The van der Waals surface area contributed by atoms with E-state index in [2.05, 4.69) is 77.1 Å². The number of benzene rings is 2. The molecule has 5 heteroatoms. The van der Waals surface area contributed by atoms with Gasteiger partial charge in [0.05, 0.1) is 5.56 Å². The van der Waals surface area contributed by atoms with Gasteiger partial charge in [-0.25, -0.2) is 0 Å². The quantitative estimate of drug-likeness (QED) is 0.695. The van der Waals surface area contributed by atoms with E-state index >= 15 is 0 Å². The van der Waals surface area contributed by atoms with Crippen molar-refractivity contribution >= 4 is 22.2 Å². The zero-order chi connectivity index (χ0) is 19.1. The van der Waals surface area contributed by atoms with Crippen LogP contribution in [0.15, 0.2) is 54.6 Å². The van der Waals surface area contributed by atoms with Crippen molar-refractivity contribution in [2.45, 2.75) is 32.6 Å². The molecule has 2 aromatic carbocycles. The van der Waals surface area contributed by atoms with Crippen molar-refractivity contribution in [1.82, 2.24) is 10.2 Å². The van der Waals surface area contributed by atoms with Crippen molar-refractivity contribution in [1.29, 1.82) is 0 Å². The van der Waals surface area contributed by atoms with Crippen LogP contribution < -0.4 is 10.6 Å². The van der Waals surface area contributed by atoms with Gasteiger partial charge in [-0.2, -0.15) is 0 Å². The fourth-order valence-electron chi connectivity index (χ4n) is 4.07. The van der Waals surface area contributed by atoms with E-state index < -0.39 is 0 Å². The minimum Gasteiger partial charge on any atom is -0.353 e. The Morgan fingerprint density at radius 1 is 1.07 bits per heavy atom. The third-order valence-corrected chi connectivity index (χ3v) is 6.72. The van der Waals surface area contributed by atoms with Crippen LogP contribution in [0.3, 0.4) is 0 Å². The minimum absolute atomic E-state index is 0.0494. The number of nitrogens with zero attached hydrogens (tertiary/aromatic N) is 1. The number of hydrogen-bond donors (Lipinski definition) is 2. The van der Waals surface area contributed by atoms with Gasteiger partial charge in [-0.15, -0.1) is 11.3 Å². The summed E-state index contributed by atoms with van der Waals surface area (Å²) in [5.41, 5.74) is 5.74. The highest BCUT2D eigenvalue weighted by atomic mass is 32.1. The van der Waals surface area contributed by atoms with Gasteiger partial charge in [0, 0.05) is 24.5 Å². The first kappa shape index (κ1) is 17.5. The van der Waals surface area contributed by atoms with Crippen LogP contribution in [0.5, 0.6) is 0 Å². The summed E-state index contributed by atoms with van der Waals surface area (Å²) in [4.78, 5) is 16.7. The van der Waals surface area contributed by atoms with E-state index in [-0.39, 0.29) is 12.1 Å². The maximum atomic E-state index is 12.9. The second-order valence-electron chi connectivity index (χ2n) is 7.62. The SMILES string of the molecule is Cc1ccc(C2NC(=O)c3c(sc4c3CCN(Cc3ccccc3)C4)N2)cc1. The van der Waals surface area contributed by atoms with Crippen LogP contribution in [0.1, 0.15) is 43.7 Å². The zero-order valence-electron chi connectivity index (χ0n) is 15.9. The molecule has 28 heavy (non-hydrogen) atoms. The normalized spacial score (nSPS) is 18.8. The molecule has 0 bridgehead atoms. The van der Waals surface area contributed by atoms with Gasteiger partial charge >= 0.3 is 0 Å². The van der Waals surface area contributed by atoms with Crippen molar-refractivity contribution in [3.63, 3.8) is 0 Å². The number of anilines is 1. The Morgan fingerprint density at radius 2 is 1.86 bits per heavy atom. The van der Waals surface area contributed by atoms with Gasteiger partial charge in [-0.05, 0) is 30.0 Å². The molecule has 2 aliphatic heterocycles. The number of nitrogens with one attached hydrogen (secondary N) is 2. The van der Waals surface area contributed by atoms with Crippen molar-refractivity contribution in [2.24, 2.45) is 0 Å². The average molecular weight is 390 g/mol. The molecule has 0 fully saturated rings. The first-order valence-electron chi connectivity index (χ1n) is 9.72. The maximum absolute atomic E-state index is 12.9. The molecule has 1 aromatic heterocycles. The van der Waals surface area contributed by atoms with Gasteiger partial charge in [0.2, 0.25) is 0 Å². The van der Waals surface area contributed by atoms with Gasteiger partial charge in [-0.1, -0.05) is 60.2 Å². The van der Waals surface area contributed by atoms with Gasteiger partial charge < -0.3 is 10.6 Å². The van der Waals surface area contributed by atoms with Crippen LogP contribution in [0, 0.1) is 6.92 Å². The van der Waals surface area contributed by atoms with Crippen LogP contribution in [0.4, 0.5) is 5.00 Å². The third-order valence-electron chi connectivity index (χ3n) is 5.57. The third kappa shape index (κ3) is 3.21. The molecule has 5 rings (SSSR count). The molecule has 0 saturated heterocycles. The van der Waals surface area contributed by atoms with E-state index in [1.807, 2.05) is 0 Å². The molecule has 4 nitrogen and oxygen atoms in total. The van der Waals surface area contributed by atoms with Crippen LogP contribution >= 0.6 is 11.3 Å². The van der Waals surface area contributed by atoms with E-state index in [0.717, 1.165) is 42.2 Å². The van der Waals surface area contributed by atoms with Crippen molar-refractivity contribution in [2.75, 3.05) is 11.9 Å². The van der Waals surface area contributed by atoms with Gasteiger partial charge in [0.25, 0.3) is 5.91 Å². The number of carbonyl (C=O) groups excluding carboxylic acids is 1. The van der Waals surface area contributed by atoms with Gasteiger partial charge in [0.15, 0.2) is 0 Å². The van der Waals surface area contributed by atoms with Crippen LogP contribution in [0.2, 0.25) is 0 Å². The largest absolute Gasteiger partial charge is 0.353 e. The number of carbonyl (C=O) groups is 1. The molecule has 0 spiro atoms. The predicted octanol–water partition coefficient (Wildman–Crippen LogP) is 4.47. The monoisotopic (exact) mass is 389 g/mol. The standard InChI is InChI=1S/C23H23N3OS/c1-15-7-9-17(10-8-15)21-24-22(27)20-18-11-12-26(13-16-5-3-2-4-6-16)14-19(18)28-23(20)25-21/h2-10,21,25H,11-14H2,1H3,(H,24,27). The molecule has 3 aromatic rings. The van der Waals surface area contributed by atoms with Crippen molar-refractivity contribution < 1.29 is 4.79 Å². The molecule has 0 radical (unpaired) electrons. The lowest BCUT2D eigenvalue weighted by Gasteiger charge is -2.28. The number of amides is 1. The Morgan fingerprint density at radius 3 is 2.64 bits per heavy atom. The number of hydrogen-bond acceptors (Lipinski definition) is 4.